The fourth-order valence-corrected chi connectivity index (χ4v) is 3.13. The Morgan fingerprint density at radius 1 is 1.23 bits per heavy atom. The summed E-state index contributed by atoms with van der Waals surface area (Å²) in [5, 5.41) is 2.80. The van der Waals surface area contributed by atoms with Crippen LogP contribution in [0.4, 0.5) is 4.79 Å². The van der Waals surface area contributed by atoms with Crippen molar-refractivity contribution in [2.45, 2.75) is 57.4 Å². The third-order valence-electron chi connectivity index (χ3n) is 4.23. The van der Waals surface area contributed by atoms with Crippen molar-refractivity contribution in [3.05, 3.63) is 35.9 Å². The first-order chi connectivity index (χ1) is 10.5. The van der Waals surface area contributed by atoms with E-state index in [0.717, 1.165) is 18.4 Å². The van der Waals surface area contributed by atoms with Crippen molar-refractivity contribution in [2.24, 2.45) is 0 Å². The maximum absolute atomic E-state index is 12.5. The largest absolute Gasteiger partial charge is 0.375 e. The van der Waals surface area contributed by atoms with Crippen LogP contribution < -0.4 is 5.32 Å². The monoisotopic (exact) mass is 302 g/mol. The summed E-state index contributed by atoms with van der Waals surface area (Å²) < 4.78 is 5.70. The maximum Gasteiger partial charge on any atom is 0.325 e. The van der Waals surface area contributed by atoms with Crippen LogP contribution in [0.2, 0.25) is 0 Å². The molecule has 1 saturated heterocycles. The highest BCUT2D eigenvalue weighted by Gasteiger charge is 2.46. The summed E-state index contributed by atoms with van der Waals surface area (Å²) in [6.07, 6.45) is 2.38. The van der Waals surface area contributed by atoms with Crippen LogP contribution in [-0.2, 0) is 16.0 Å². The number of amides is 3. The molecular formula is C17H22N2O3. The molecule has 3 amide bonds. The van der Waals surface area contributed by atoms with Crippen LogP contribution in [0.25, 0.3) is 0 Å². The summed E-state index contributed by atoms with van der Waals surface area (Å²) >= 11 is 0. The molecule has 2 aliphatic rings. The molecule has 1 aromatic rings. The van der Waals surface area contributed by atoms with Gasteiger partial charge in [0, 0.05) is 12.5 Å². The van der Waals surface area contributed by atoms with Crippen LogP contribution in [0.5, 0.6) is 0 Å². The Morgan fingerprint density at radius 2 is 1.91 bits per heavy atom. The van der Waals surface area contributed by atoms with Crippen molar-refractivity contribution >= 4 is 11.9 Å². The Bertz CT molecular complexity index is 552. The molecule has 118 valence electrons. The molecule has 5 heteroatoms. The van der Waals surface area contributed by atoms with Crippen molar-refractivity contribution in [2.75, 3.05) is 0 Å². The summed E-state index contributed by atoms with van der Waals surface area (Å²) in [5.41, 5.74) is 1.05. The second-order valence-electron chi connectivity index (χ2n) is 6.33. The second kappa shape index (κ2) is 6.08. The Kier molecular flexibility index (Phi) is 4.16. The van der Waals surface area contributed by atoms with E-state index in [4.69, 9.17) is 4.74 Å². The van der Waals surface area contributed by atoms with E-state index in [1.54, 1.807) is 0 Å². The molecule has 0 radical (unpaired) electrons. The summed E-state index contributed by atoms with van der Waals surface area (Å²) in [6.45, 7) is 3.99. The number of rotatable bonds is 5. The average molecular weight is 302 g/mol. The van der Waals surface area contributed by atoms with Crippen LogP contribution in [0.3, 0.4) is 0 Å². The van der Waals surface area contributed by atoms with E-state index < -0.39 is 6.04 Å². The Hall–Kier alpha value is -1.88. The third kappa shape index (κ3) is 2.99. The minimum absolute atomic E-state index is 0.0166. The smallest absolute Gasteiger partial charge is 0.325 e. The molecule has 5 nitrogen and oxygen atoms in total. The average Bonchev–Trinajstić information content (AvgIpc) is 2.70. The minimum Gasteiger partial charge on any atom is -0.375 e. The fraction of sp³-hybridized carbons (Fsp3) is 0.529. The molecule has 1 unspecified atom stereocenters. The van der Waals surface area contributed by atoms with E-state index in [2.05, 4.69) is 5.32 Å². The van der Waals surface area contributed by atoms with Gasteiger partial charge in [0.2, 0.25) is 0 Å². The van der Waals surface area contributed by atoms with Crippen molar-refractivity contribution in [1.82, 2.24) is 10.2 Å². The molecule has 0 spiro atoms. The molecule has 22 heavy (non-hydrogen) atoms. The first kappa shape index (κ1) is 15.0. The standard InChI is InChI=1S/C17H22N2O3/c1-11(2)22-14-9-13(10-14)19-16(20)15(18-17(19)21)8-12-6-4-3-5-7-12/h3-7,11,13-15H,8-10H2,1-2H3,(H,18,21). The zero-order chi connectivity index (χ0) is 15.7. The zero-order valence-corrected chi connectivity index (χ0v) is 13.0. The predicted molar refractivity (Wildman–Crippen MR) is 82.3 cm³/mol. The van der Waals surface area contributed by atoms with Crippen molar-refractivity contribution in [3.8, 4) is 0 Å². The Morgan fingerprint density at radius 3 is 2.55 bits per heavy atom. The number of hydrogen-bond acceptors (Lipinski definition) is 3. The molecule has 1 aliphatic carbocycles. The quantitative estimate of drug-likeness (QED) is 0.848. The number of carbonyl (C=O) groups is 2. The molecule has 2 fully saturated rings. The molecule has 0 bridgehead atoms. The molecule has 1 aromatic carbocycles. The highest BCUT2D eigenvalue weighted by molar-refractivity contribution is 6.04. The Labute approximate surface area is 130 Å². The number of nitrogens with zero attached hydrogens (tertiary/aromatic N) is 1. The van der Waals surface area contributed by atoms with Gasteiger partial charge in [0.1, 0.15) is 6.04 Å². The third-order valence-corrected chi connectivity index (χ3v) is 4.23. The first-order valence-corrected chi connectivity index (χ1v) is 7.87. The molecule has 1 aliphatic heterocycles. The van der Waals surface area contributed by atoms with E-state index in [9.17, 15) is 9.59 Å². The van der Waals surface area contributed by atoms with Gasteiger partial charge in [-0.3, -0.25) is 9.69 Å². The summed E-state index contributed by atoms with van der Waals surface area (Å²) in [4.78, 5) is 26.0. The number of nitrogens with one attached hydrogen (secondary N) is 1. The number of imide groups is 1. The van der Waals surface area contributed by atoms with E-state index in [1.807, 2.05) is 44.2 Å². The molecule has 3 rings (SSSR count). The lowest BCUT2D eigenvalue weighted by molar-refractivity contribution is -0.134. The van der Waals surface area contributed by atoms with E-state index in [0.29, 0.717) is 6.42 Å². The number of ether oxygens (including phenoxy) is 1. The van der Waals surface area contributed by atoms with Crippen LogP contribution in [0.1, 0.15) is 32.3 Å². The molecule has 0 aromatic heterocycles. The fourth-order valence-electron chi connectivity index (χ4n) is 3.13. The van der Waals surface area contributed by atoms with Gasteiger partial charge in [-0.1, -0.05) is 30.3 Å². The van der Waals surface area contributed by atoms with Gasteiger partial charge in [0.05, 0.1) is 12.2 Å². The van der Waals surface area contributed by atoms with E-state index >= 15 is 0 Å². The molecular weight excluding hydrogens is 280 g/mol. The van der Waals surface area contributed by atoms with E-state index in [-0.39, 0.29) is 30.2 Å². The van der Waals surface area contributed by atoms with Crippen molar-refractivity contribution in [1.29, 1.82) is 0 Å². The topological polar surface area (TPSA) is 58.6 Å². The summed E-state index contributed by atoms with van der Waals surface area (Å²) in [6, 6.07) is 9.03. The SMILES string of the molecule is CC(C)OC1CC(N2C(=O)NC(Cc3ccccc3)C2=O)C1. The van der Waals surface area contributed by atoms with Gasteiger partial charge in [-0.15, -0.1) is 0 Å². The highest BCUT2D eigenvalue weighted by atomic mass is 16.5. The van der Waals surface area contributed by atoms with Gasteiger partial charge in [0.25, 0.3) is 5.91 Å². The molecule has 1 saturated carbocycles. The normalized spacial score (nSPS) is 28.0. The van der Waals surface area contributed by atoms with Gasteiger partial charge >= 0.3 is 6.03 Å². The minimum atomic E-state index is -0.444. The van der Waals surface area contributed by atoms with Crippen molar-refractivity contribution in [3.63, 3.8) is 0 Å². The lowest BCUT2D eigenvalue weighted by Crippen LogP contribution is -2.51. The van der Waals surface area contributed by atoms with Crippen molar-refractivity contribution < 1.29 is 14.3 Å². The molecule has 1 heterocycles. The predicted octanol–water partition coefficient (Wildman–Crippen LogP) is 2.11. The maximum atomic E-state index is 12.5. The lowest BCUT2D eigenvalue weighted by atomic mass is 9.87. The lowest BCUT2D eigenvalue weighted by Gasteiger charge is -2.40. The van der Waals surface area contributed by atoms with Gasteiger partial charge in [0.15, 0.2) is 0 Å². The highest BCUT2D eigenvalue weighted by Crippen LogP contribution is 2.31. The number of carbonyl (C=O) groups excluding carboxylic acids is 2. The van der Waals surface area contributed by atoms with Gasteiger partial charge in [-0.05, 0) is 32.3 Å². The Balaban J connectivity index is 1.59. The number of benzene rings is 1. The molecule has 1 atom stereocenters. The van der Waals surface area contributed by atoms with Crippen LogP contribution in [-0.4, -0.2) is 41.1 Å². The van der Waals surface area contributed by atoms with Gasteiger partial charge in [-0.2, -0.15) is 0 Å². The van der Waals surface area contributed by atoms with Crippen LogP contribution in [0.15, 0.2) is 30.3 Å². The van der Waals surface area contributed by atoms with Crippen LogP contribution >= 0.6 is 0 Å². The molecule has 1 N–H and O–H groups in total. The summed E-state index contributed by atoms with van der Waals surface area (Å²) in [5.74, 6) is -0.109. The van der Waals surface area contributed by atoms with Crippen LogP contribution in [0, 0.1) is 0 Å². The van der Waals surface area contributed by atoms with Gasteiger partial charge < -0.3 is 10.1 Å². The summed E-state index contributed by atoms with van der Waals surface area (Å²) in [7, 11) is 0. The number of hydrogen-bond donors (Lipinski definition) is 1. The van der Waals surface area contributed by atoms with E-state index in [1.165, 1.54) is 4.90 Å². The zero-order valence-electron chi connectivity index (χ0n) is 13.0. The first-order valence-electron chi connectivity index (χ1n) is 7.87. The number of urea groups is 1. The van der Waals surface area contributed by atoms with Gasteiger partial charge in [-0.25, -0.2) is 4.79 Å². The second-order valence-corrected chi connectivity index (χ2v) is 6.33.